The smallest absolute Gasteiger partial charge is 0.185 e. The highest BCUT2D eigenvalue weighted by molar-refractivity contribution is 7.80. The Morgan fingerprint density at radius 3 is 2.00 bits per heavy atom. The first-order chi connectivity index (χ1) is 9.65. The molecule has 4 nitrogen and oxygen atoms in total. The largest absolute Gasteiger partial charge is 0.359 e. The lowest BCUT2D eigenvalue weighted by Gasteiger charge is -2.30. The van der Waals surface area contributed by atoms with Crippen LogP contribution in [0, 0.1) is 5.92 Å². The molecule has 2 aliphatic carbocycles. The Labute approximate surface area is 132 Å². The van der Waals surface area contributed by atoms with Crippen molar-refractivity contribution >= 4 is 34.7 Å². The van der Waals surface area contributed by atoms with Crippen LogP contribution in [0.1, 0.15) is 58.3 Å². The summed E-state index contributed by atoms with van der Waals surface area (Å²) in [7, 11) is 0. The zero-order valence-electron chi connectivity index (χ0n) is 12.2. The molecule has 6 heteroatoms. The first-order valence-corrected chi connectivity index (χ1v) is 8.60. The summed E-state index contributed by atoms with van der Waals surface area (Å²) in [5.41, 5.74) is 5.97. The van der Waals surface area contributed by atoms with Gasteiger partial charge in [-0.1, -0.05) is 32.6 Å². The minimum absolute atomic E-state index is 0.488. The number of hydrogen-bond donors (Lipinski definition) is 4. The van der Waals surface area contributed by atoms with Gasteiger partial charge in [-0.3, -0.25) is 10.9 Å². The number of thiocarbonyl (C=S) groups is 2. The predicted octanol–water partition coefficient (Wildman–Crippen LogP) is 2.35. The van der Waals surface area contributed by atoms with E-state index in [0.29, 0.717) is 28.2 Å². The molecule has 0 bridgehead atoms. The van der Waals surface area contributed by atoms with Gasteiger partial charge in [0, 0.05) is 12.1 Å². The van der Waals surface area contributed by atoms with E-state index in [1.807, 2.05) is 0 Å². The predicted molar refractivity (Wildman–Crippen MR) is 91.4 cm³/mol. The highest BCUT2D eigenvalue weighted by Crippen LogP contribution is 2.23. The van der Waals surface area contributed by atoms with E-state index in [0.717, 1.165) is 0 Å². The Bertz CT molecular complexity index is 342. The van der Waals surface area contributed by atoms with Gasteiger partial charge in [0.2, 0.25) is 0 Å². The fraction of sp³-hybridized carbons (Fsp3) is 0.857. The van der Waals surface area contributed by atoms with Gasteiger partial charge in [-0.2, -0.15) is 0 Å². The second kappa shape index (κ2) is 7.98. The van der Waals surface area contributed by atoms with Gasteiger partial charge in [0.15, 0.2) is 10.2 Å². The fourth-order valence-electron chi connectivity index (χ4n) is 3.14. The Balaban J connectivity index is 1.62. The minimum atomic E-state index is 0.488. The highest BCUT2D eigenvalue weighted by atomic mass is 32.1. The fourth-order valence-corrected chi connectivity index (χ4v) is 3.56. The molecule has 2 atom stereocenters. The Morgan fingerprint density at radius 2 is 1.35 bits per heavy atom. The summed E-state index contributed by atoms with van der Waals surface area (Å²) in [6, 6.07) is 1.01. The van der Waals surface area contributed by atoms with Crippen molar-refractivity contribution in [3.63, 3.8) is 0 Å². The third-order valence-corrected chi connectivity index (χ3v) is 4.85. The molecule has 20 heavy (non-hydrogen) atoms. The molecule has 0 radical (unpaired) electrons. The van der Waals surface area contributed by atoms with Crippen LogP contribution in [0.15, 0.2) is 0 Å². The topological polar surface area (TPSA) is 48.1 Å². The van der Waals surface area contributed by atoms with Crippen LogP contribution in [-0.4, -0.2) is 22.3 Å². The van der Waals surface area contributed by atoms with Gasteiger partial charge in [-0.05, 0) is 56.0 Å². The standard InChI is InChI=1S/C14H26N4S2/c1-10-6-2-5-9-12(10)16-14(20)18-17-13(19)15-11-7-3-4-8-11/h10-12H,2-9H2,1H3,(H2,15,17,19)(H2,16,18,20)/t10-,12-/m1/s1. The molecule has 0 heterocycles. The van der Waals surface area contributed by atoms with Crippen LogP contribution in [0.25, 0.3) is 0 Å². The number of nitrogens with one attached hydrogen (secondary N) is 4. The third-order valence-electron chi connectivity index (χ3n) is 4.41. The number of rotatable bonds is 2. The van der Waals surface area contributed by atoms with Crippen molar-refractivity contribution in [2.75, 3.05) is 0 Å². The van der Waals surface area contributed by atoms with Gasteiger partial charge in [-0.25, -0.2) is 0 Å². The highest BCUT2D eigenvalue weighted by Gasteiger charge is 2.21. The summed E-state index contributed by atoms with van der Waals surface area (Å²) in [4.78, 5) is 0. The van der Waals surface area contributed by atoms with E-state index in [-0.39, 0.29) is 0 Å². The van der Waals surface area contributed by atoms with E-state index in [2.05, 4.69) is 28.4 Å². The van der Waals surface area contributed by atoms with Crippen LogP contribution >= 0.6 is 24.4 Å². The molecule has 0 unspecified atom stereocenters. The van der Waals surface area contributed by atoms with Crippen molar-refractivity contribution < 1.29 is 0 Å². The monoisotopic (exact) mass is 314 g/mol. The lowest BCUT2D eigenvalue weighted by atomic mass is 9.86. The first kappa shape index (κ1) is 15.8. The van der Waals surface area contributed by atoms with Gasteiger partial charge in [-0.15, -0.1) is 0 Å². The van der Waals surface area contributed by atoms with Gasteiger partial charge >= 0.3 is 0 Å². The summed E-state index contributed by atoms with van der Waals surface area (Å²) in [6.07, 6.45) is 10.1. The summed E-state index contributed by atoms with van der Waals surface area (Å²) in [6.45, 7) is 2.29. The van der Waals surface area contributed by atoms with Crippen molar-refractivity contribution in [2.45, 2.75) is 70.4 Å². The molecule has 0 amide bonds. The molecular weight excluding hydrogens is 288 g/mol. The van der Waals surface area contributed by atoms with Gasteiger partial charge in [0.05, 0.1) is 0 Å². The Morgan fingerprint density at radius 1 is 0.800 bits per heavy atom. The van der Waals surface area contributed by atoms with Crippen LogP contribution < -0.4 is 21.5 Å². The molecule has 0 aromatic rings. The molecule has 2 fully saturated rings. The molecule has 2 aliphatic rings. The molecule has 4 N–H and O–H groups in total. The third kappa shape index (κ3) is 5.05. The van der Waals surface area contributed by atoms with Gasteiger partial charge in [0.25, 0.3) is 0 Å². The average Bonchev–Trinajstić information content (AvgIpc) is 2.92. The Hall–Kier alpha value is -0.620. The van der Waals surface area contributed by atoms with Crippen LogP contribution in [-0.2, 0) is 0 Å². The summed E-state index contributed by atoms with van der Waals surface area (Å²) < 4.78 is 0. The van der Waals surface area contributed by atoms with Gasteiger partial charge < -0.3 is 10.6 Å². The lowest BCUT2D eigenvalue weighted by molar-refractivity contribution is 0.308. The molecular formula is C14H26N4S2. The molecule has 2 saturated carbocycles. The van der Waals surface area contributed by atoms with E-state index >= 15 is 0 Å². The second-order valence-electron chi connectivity index (χ2n) is 6.05. The molecule has 114 valence electrons. The zero-order valence-corrected chi connectivity index (χ0v) is 13.8. The molecule has 0 aromatic heterocycles. The SMILES string of the molecule is C[C@@H]1CCCC[C@H]1NC(=S)NNC(=S)NC1CCCC1. The summed E-state index contributed by atoms with van der Waals surface area (Å²) >= 11 is 10.6. The van der Waals surface area contributed by atoms with Crippen molar-refractivity contribution in [1.82, 2.24) is 21.5 Å². The average molecular weight is 315 g/mol. The van der Waals surface area contributed by atoms with Crippen LogP contribution in [0.2, 0.25) is 0 Å². The van der Waals surface area contributed by atoms with E-state index in [9.17, 15) is 0 Å². The van der Waals surface area contributed by atoms with E-state index in [1.54, 1.807) is 0 Å². The maximum absolute atomic E-state index is 5.32. The minimum Gasteiger partial charge on any atom is -0.359 e. The van der Waals surface area contributed by atoms with Gasteiger partial charge in [0.1, 0.15) is 0 Å². The summed E-state index contributed by atoms with van der Waals surface area (Å²) in [5.74, 6) is 0.687. The van der Waals surface area contributed by atoms with Crippen molar-refractivity contribution in [3.8, 4) is 0 Å². The van der Waals surface area contributed by atoms with E-state index < -0.39 is 0 Å². The van der Waals surface area contributed by atoms with E-state index in [1.165, 1.54) is 51.4 Å². The van der Waals surface area contributed by atoms with Crippen molar-refractivity contribution in [3.05, 3.63) is 0 Å². The first-order valence-electron chi connectivity index (χ1n) is 7.78. The quantitative estimate of drug-likeness (QED) is 0.464. The Kier molecular flexibility index (Phi) is 6.29. The van der Waals surface area contributed by atoms with Crippen molar-refractivity contribution in [2.24, 2.45) is 5.92 Å². The molecule has 0 spiro atoms. The molecule has 0 saturated heterocycles. The maximum Gasteiger partial charge on any atom is 0.185 e. The van der Waals surface area contributed by atoms with Crippen LogP contribution in [0.3, 0.4) is 0 Å². The number of hydrazine groups is 1. The second-order valence-corrected chi connectivity index (χ2v) is 6.86. The van der Waals surface area contributed by atoms with E-state index in [4.69, 9.17) is 24.4 Å². The molecule has 2 rings (SSSR count). The van der Waals surface area contributed by atoms with Crippen LogP contribution in [0.4, 0.5) is 0 Å². The van der Waals surface area contributed by atoms with Crippen molar-refractivity contribution in [1.29, 1.82) is 0 Å². The molecule has 0 aromatic carbocycles. The van der Waals surface area contributed by atoms with Crippen LogP contribution in [0.5, 0.6) is 0 Å². The lowest BCUT2D eigenvalue weighted by Crippen LogP contribution is -2.54. The number of hydrogen-bond acceptors (Lipinski definition) is 2. The normalized spacial score (nSPS) is 26.9. The zero-order chi connectivity index (χ0) is 14.4. The molecule has 0 aliphatic heterocycles. The summed E-state index contributed by atoms with van der Waals surface area (Å²) in [5, 5.41) is 7.98. The maximum atomic E-state index is 5.32.